The molecule has 0 aliphatic rings. The van der Waals surface area contributed by atoms with E-state index in [-0.39, 0.29) is 21.9 Å². The molecule has 1 heterocycles. The van der Waals surface area contributed by atoms with E-state index in [4.69, 9.17) is 12.2 Å². The van der Waals surface area contributed by atoms with E-state index in [1.165, 1.54) is 28.8 Å². The molecule has 4 rings (SSSR count). The number of hydrogen-bond acceptors (Lipinski definition) is 5. The van der Waals surface area contributed by atoms with Crippen LogP contribution >= 0.6 is 12.2 Å². The molecule has 0 saturated heterocycles. The van der Waals surface area contributed by atoms with Gasteiger partial charge in [0.2, 0.25) is 10.0 Å². The van der Waals surface area contributed by atoms with Gasteiger partial charge in [-0.3, -0.25) is 9.67 Å². The average Bonchev–Trinajstić information content (AvgIpc) is 3.21. The average molecular weight is 521 g/mol. The monoisotopic (exact) mass is 520 g/mol. The lowest BCUT2D eigenvalue weighted by Crippen LogP contribution is -2.32. The SMILES string of the molecule is O=S(=O)(N[C@@H](Cc1ccccc1)c1n[nH]c(=S)n1-c1ccc(OC(F)(F)F)cc1)c1ccccc1. The normalized spacial score (nSPS) is 12.9. The number of nitrogens with one attached hydrogen (secondary N) is 2. The molecule has 3 aromatic carbocycles. The molecular formula is C23H19F3N4O3S2. The second-order valence-corrected chi connectivity index (χ2v) is 9.54. The van der Waals surface area contributed by atoms with Gasteiger partial charge in [-0.25, -0.2) is 13.1 Å². The molecule has 2 N–H and O–H groups in total. The van der Waals surface area contributed by atoms with Crippen molar-refractivity contribution in [2.24, 2.45) is 0 Å². The van der Waals surface area contributed by atoms with Crippen LogP contribution in [0.2, 0.25) is 0 Å². The molecule has 0 radical (unpaired) electrons. The van der Waals surface area contributed by atoms with E-state index in [1.54, 1.807) is 18.2 Å². The van der Waals surface area contributed by atoms with Crippen LogP contribution in [-0.4, -0.2) is 29.5 Å². The van der Waals surface area contributed by atoms with E-state index in [0.717, 1.165) is 17.7 Å². The Labute approximate surface area is 204 Å². The van der Waals surface area contributed by atoms with Crippen molar-refractivity contribution in [2.45, 2.75) is 23.7 Å². The van der Waals surface area contributed by atoms with Gasteiger partial charge in [-0.2, -0.15) is 5.10 Å². The number of halogens is 3. The largest absolute Gasteiger partial charge is 0.573 e. The van der Waals surface area contributed by atoms with E-state index < -0.39 is 28.2 Å². The molecule has 0 aliphatic carbocycles. The smallest absolute Gasteiger partial charge is 0.406 e. The molecule has 4 aromatic rings. The molecule has 0 aliphatic heterocycles. The molecule has 35 heavy (non-hydrogen) atoms. The summed E-state index contributed by atoms with van der Waals surface area (Å²) in [6.45, 7) is 0. The summed E-state index contributed by atoms with van der Waals surface area (Å²) in [5.41, 5.74) is 1.22. The summed E-state index contributed by atoms with van der Waals surface area (Å²) in [4.78, 5) is 0.0763. The third kappa shape index (κ3) is 6.15. The highest BCUT2D eigenvalue weighted by atomic mass is 32.2. The second-order valence-electron chi connectivity index (χ2n) is 7.44. The Morgan fingerprint density at radius 2 is 1.57 bits per heavy atom. The molecule has 0 spiro atoms. The van der Waals surface area contributed by atoms with Gasteiger partial charge >= 0.3 is 6.36 Å². The van der Waals surface area contributed by atoms with Crippen molar-refractivity contribution in [3.05, 3.63) is 101 Å². The van der Waals surface area contributed by atoms with Crippen LogP contribution in [0, 0.1) is 4.77 Å². The van der Waals surface area contributed by atoms with Gasteiger partial charge in [0.05, 0.1) is 10.9 Å². The van der Waals surface area contributed by atoms with Gasteiger partial charge in [-0.15, -0.1) is 13.2 Å². The first-order chi connectivity index (χ1) is 16.6. The fourth-order valence-corrected chi connectivity index (χ4v) is 4.94. The van der Waals surface area contributed by atoms with Crippen LogP contribution in [0.25, 0.3) is 5.69 Å². The number of ether oxygens (including phenoxy) is 1. The number of sulfonamides is 1. The highest BCUT2D eigenvalue weighted by Gasteiger charge is 2.31. The van der Waals surface area contributed by atoms with E-state index in [0.29, 0.717) is 5.69 Å². The zero-order valence-electron chi connectivity index (χ0n) is 17.9. The number of H-pyrrole nitrogens is 1. The van der Waals surface area contributed by atoms with Gasteiger partial charge in [-0.05, 0) is 60.6 Å². The molecule has 12 heteroatoms. The standard InChI is InChI=1S/C23H19F3N4O3S2/c24-23(25,26)33-18-13-11-17(12-14-18)30-21(27-28-22(30)34)20(15-16-7-3-1-4-8-16)29-35(31,32)19-9-5-2-6-10-19/h1-14,20,29H,15H2,(H,28,34)/t20-/m0/s1. The predicted molar refractivity (Wildman–Crippen MR) is 125 cm³/mol. The Balaban J connectivity index is 1.74. The summed E-state index contributed by atoms with van der Waals surface area (Å²) < 4.78 is 72.1. The first-order valence-electron chi connectivity index (χ1n) is 10.3. The summed E-state index contributed by atoms with van der Waals surface area (Å²) in [5.74, 6) is -0.161. The van der Waals surface area contributed by atoms with Gasteiger partial charge in [-0.1, -0.05) is 48.5 Å². The summed E-state index contributed by atoms with van der Waals surface area (Å²) >= 11 is 5.35. The number of alkyl halides is 3. The highest BCUT2D eigenvalue weighted by Crippen LogP contribution is 2.27. The Bertz CT molecular complexity index is 1440. The number of nitrogens with zero attached hydrogens (tertiary/aromatic N) is 2. The third-order valence-electron chi connectivity index (χ3n) is 4.97. The Kier molecular flexibility index (Phi) is 7.05. The van der Waals surface area contributed by atoms with Gasteiger partial charge < -0.3 is 4.74 Å². The minimum absolute atomic E-state index is 0.0763. The van der Waals surface area contributed by atoms with Crippen LogP contribution in [-0.2, 0) is 16.4 Å². The van der Waals surface area contributed by atoms with Crippen LogP contribution in [0.3, 0.4) is 0 Å². The van der Waals surface area contributed by atoms with E-state index in [2.05, 4.69) is 19.7 Å². The molecule has 1 atom stereocenters. The Morgan fingerprint density at radius 1 is 0.971 bits per heavy atom. The minimum atomic E-state index is -4.82. The predicted octanol–water partition coefficient (Wildman–Crippen LogP) is 5.09. The highest BCUT2D eigenvalue weighted by molar-refractivity contribution is 7.89. The van der Waals surface area contributed by atoms with Gasteiger partial charge in [0.15, 0.2) is 10.6 Å². The number of benzene rings is 3. The molecule has 0 unspecified atom stereocenters. The van der Waals surface area contributed by atoms with E-state index in [9.17, 15) is 21.6 Å². The second kappa shape index (κ2) is 10.0. The number of rotatable bonds is 8. The van der Waals surface area contributed by atoms with E-state index >= 15 is 0 Å². The molecule has 1 aromatic heterocycles. The van der Waals surface area contributed by atoms with Crippen molar-refractivity contribution in [3.8, 4) is 11.4 Å². The Morgan fingerprint density at radius 3 is 2.17 bits per heavy atom. The summed E-state index contributed by atoms with van der Waals surface area (Å²) in [7, 11) is -3.94. The van der Waals surface area contributed by atoms with Crippen LogP contribution in [0.15, 0.2) is 89.8 Å². The fraction of sp³-hybridized carbons (Fsp3) is 0.130. The van der Waals surface area contributed by atoms with Crippen LogP contribution in [0.4, 0.5) is 13.2 Å². The first-order valence-corrected chi connectivity index (χ1v) is 12.2. The fourth-order valence-electron chi connectivity index (χ4n) is 3.48. The third-order valence-corrected chi connectivity index (χ3v) is 6.73. The zero-order chi connectivity index (χ0) is 25.1. The number of aromatic nitrogens is 3. The van der Waals surface area contributed by atoms with E-state index in [1.807, 2.05) is 30.3 Å². The van der Waals surface area contributed by atoms with Gasteiger partial charge in [0.25, 0.3) is 0 Å². The van der Waals surface area contributed by atoms with Crippen molar-refractivity contribution < 1.29 is 26.3 Å². The van der Waals surface area contributed by atoms with Crippen LogP contribution in [0.5, 0.6) is 5.75 Å². The molecule has 0 fully saturated rings. The van der Waals surface area contributed by atoms with Crippen LogP contribution in [0.1, 0.15) is 17.4 Å². The number of hydrogen-bond donors (Lipinski definition) is 2. The lowest BCUT2D eigenvalue weighted by atomic mass is 10.1. The maximum Gasteiger partial charge on any atom is 0.573 e. The minimum Gasteiger partial charge on any atom is -0.406 e. The molecule has 0 saturated carbocycles. The van der Waals surface area contributed by atoms with Crippen molar-refractivity contribution in [2.75, 3.05) is 0 Å². The maximum absolute atomic E-state index is 13.1. The summed E-state index contributed by atoms with van der Waals surface area (Å²) in [5, 5.41) is 6.91. The quantitative estimate of drug-likeness (QED) is 0.316. The molecule has 182 valence electrons. The summed E-state index contributed by atoms with van der Waals surface area (Å²) in [6, 6.07) is 21.2. The van der Waals surface area contributed by atoms with Gasteiger partial charge in [0, 0.05) is 5.69 Å². The van der Waals surface area contributed by atoms with Gasteiger partial charge in [0.1, 0.15) is 5.75 Å². The van der Waals surface area contributed by atoms with Crippen molar-refractivity contribution in [1.29, 1.82) is 0 Å². The van der Waals surface area contributed by atoms with Crippen molar-refractivity contribution >= 4 is 22.2 Å². The molecule has 0 bridgehead atoms. The lowest BCUT2D eigenvalue weighted by molar-refractivity contribution is -0.274. The Hall–Kier alpha value is -3.48. The van der Waals surface area contributed by atoms with Crippen molar-refractivity contribution in [1.82, 2.24) is 19.5 Å². The number of aromatic amines is 1. The molecular weight excluding hydrogens is 501 g/mol. The zero-order valence-corrected chi connectivity index (χ0v) is 19.6. The van der Waals surface area contributed by atoms with Crippen molar-refractivity contribution in [3.63, 3.8) is 0 Å². The summed E-state index contributed by atoms with van der Waals surface area (Å²) in [6.07, 6.45) is -4.59. The van der Waals surface area contributed by atoms with Crippen LogP contribution < -0.4 is 9.46 Å². The topological polar surface area (TPSA) is 89.0 Å². The first kappa shape index (κ1) is 24.6. The molecule has 0 amide bonds. The molecule has 7 nitrogen and oxygen atoms in total. The lowest BCUT2D eigenvalue weighted by Gasteiger charge is -2.20. The maximum atomic E-state index is 13.1.